The molecule has 0 heterocycles. The molecule has 0 rings (SSSR count). The maximum Gasteiger partial charge on any atom is 0.213 e. The lowest BCUT2D eigenvalue weighted by Gasteiger charge is -2.13. The van der Waals surface area contributed by atoms with E-state index in [9.17, 15) is 28.8 Å². The summed E-state index contributed by atoms with van der Waals surface area (Å²) in [6.45, 7) is 27.6. The van der Waals surface area contributed by atoms with Gasteiger partial charge < -0.3 is 48.3 Å². The Hall–Kier alpha value is -4.90. The summed E-state index contributed by atoms with van der Waals surface area (Å²) in [6.07, 6.45) is 14.6. The predicted octanol–water partition coefficient (Wildman–Crippen LogP) is 1.42. The first-order valence-corrected chi connectivity index (χ1v) is 15.7. The van der Waals surface area contributed by atoms with Crippen LogP contribution in [0, 0.1) is 0 Å². The fourth-order valence-corrected chi connectivity index (χ4v) is 3.03. The maximum absolute atomic E-state index is 10.4. The van der Waals surface area contributed by atoms with Crippen molar-refractivity contribution in [3.8, 4) is 0 Å². The van der Waals surface area contributed by atoms with Gasteiger partial charge in [-0.2, -0.15) is 0 Å². The molecule has 282 valence electrons. The Morgan fingerprint density at radius 3 is 0.680 bits per heavy atom. The van der Waals surface area contributed by atoms with E-state index in [0.29, 0.717) is 118 Å². The van der Waals surface area contributed by atoms with Gasteiger partial charge >= 0.3 is 0 Å². The molecule has 0 unspecified atom stereocenters. The lowest BCUT2D eigenvalue weighted by molar-refractivity contribution is -0.117. The van der Waals surface area contributed by atoms with Gasteiger partial charge in [0, 0.05) is 39.3 Å². The number of carbonyl (C=O) groups excluding carboxylic acids is 6. The Labute approximate surface area is 297 Å². The minimum absolute atomic E-state index is 0.411. The number of unbranched alkanes of at least 4 members (excludes halogenated alkanes) is 1. The number of nitrogens with zero attached hydrogens (tertiary/aromatic N) is 6. The molecule has 0 aliphatic carbocycles. The highest BCUT2D eigenvalue weighted by atomic mass is 16.5. The molecular formula is C34H56N6O10. The molecule has 0 saturated heterocycles. The molecule has 16 nitrogen and oxygen atoms in total. The molecule has 0 aliphatic heterocycles. The van der Waals surface area contributed by atoms with Gasteiger partial charge in [-0.05, 0) is 50.0 Å². The number of rotatable bonds is 35. The topological polar surface area (TPSA) is 159 Å². The van der Waals surface area contributed by atoms with E-state index in [2.05, 4.69) is 39.5 Å². The SMILES string of the molecule is C=CN(C=O)CCCCN(C=C)C=O.C=CN(C=O)CCOCCN(C=C)C=O.C=CN(C=O)CCOCCOCCOCCN(C=C)C=O. The fraction of sp³-hybridized carbons (Fsp3) is 0.471. The molecule has 0 atom stereocenters. The summed E-state index contributed by atoms with van der Waals surface area (Å²) in [7, 11) is 0. The molecule has 0 aromatic carbocycles. The second kappa shape index (κ2) is 40.3. The molecule has 16 heteroatoms. The minimum Gasteiger partial charge on any atom is -0.378 e. The molecule has 0 saturated carbocycles. The molecule has 50 heavy (non-hydrogen) atoms. The third-order valence-corrected chi connectivity index (χ3v) is 6.02. The fourth-order valence-electron chi connectivity index (χ4n) is 3.03. The van der Waals surface area contributed by atoms with Crippen molar-refractivity contribution < 1.29 is 47.7 Å². The number of amides is 6. The number of carbonyl (C=O) groups is 6. The summed E-state index contributed by atoms with van der Waals surface area (Å²) in [4.78, 5) is 70.8. The van der Waals surface area contributed by atoms with Crippen molar-refractivity contribution in [2.45, 2.75) is 12.8 Å². The van der Waals surface area contributed by atoms with E-state index in [4.69, 9.17) is 18.9 Å². The van der Waals surface area contributed by atoms with Crippen LogP contribution in [0.25, 0.3) is 0 Å². The standard InChI is InChI=1S/C14H24N2O5.C10H16N2O3.C10H16N2O2/c1-3-15(13-17)5-7-19-9-11-21-12-10-20-8-6-16(4-2)14-18;1-3-11(9-13)5-7-15-8-6-12(4-2)10-14;1-3-11(9-13)7-5-6-8-12(4-2)10-14/h3-4,13-14H,1-2,5-12H2;3-4,9-10H,1-2,5-8H2;3-4,9-10H,1-2,5-8H2. The zero-order valence-electron chi connectivity index (χ0n) is 29.3. The Balaban J connectivity index is -0.000000682. The zero-order chi connectivity index (χ0) is 38.1. The van der Waals surface area contributed by atoms with E-state index in [-0.39, 0.29) is 0 Å². The van der Waals surface area contributed by atoms with Crippen molar-refractivity contribution in [3.05, 3.63) is 76.7 Å². The van der Waals surface area contributed by atoms with Crippen LogP contribution in [0.2, 0.25) is 0 Å². The van der Waals surface area contributed by atoms with Crippen molar-refractivity contribution in [3.63, 3.8) is 0 Å². The molecule has 0 aliphatic rings. The molecule has 0 fully saturated rings. The van der Waals surface area contributed by atoms with Gasteiger partial charge in [-0.1, -0.05) is 39.5 Å². The molecule has 0 aromatic rings. The second-order valence-electron chi connectivity index (χ2n) is 9.31. The maximum atomic E-state index is 10.4. The molecule has 0 spiro atoms. The Kier molecular flexibility index (Phi) is 39.9. The number of hydrogen-bond acceptors (Lipinski definition) is 10. The summed E-state index contributed by atoms with van der Waals surface area (Å²) >= 11 is 0. The highest BCUT2D eigenvalue weighted by Crippen LogP contribution is 1.96. The minimum atomic E-state index is 0.411. The summed E-state index contributed by atoms with van der Waals surface area (Å²) in [5.74, 6) is 0. The average Bonchev–Trinajstić information content (AvgIpc) is 3.15. The van der Waals surface area contributed by atoms with E-state index in [1.54, 1.807) is 0 Å². The van der Waals surface area contributed by atoms with E-state index in [1.165, 1.54) is 66.6 Å². The summed E-state index contributed by atoms with van der Waals surface area (Å²) < 4.78 is 21.1. The molecule has 0 aromatic heterocycles. The van der Waals surface area contributed by atoms with Gasteiger partial charge in [-0.25, -0.2) is 0 Å². The smallest absolute Gasteiger partial charge is 0.213 e. The van der Waals surface area contributed by atoms with Crippen LogP contribution in [-0.2, 0) is 47.7 Å². The highest BCUT2D eigenvalue weighted by Gasteiger charge is 2.00. The molecule has 0 bridgehead atoms. The van der Waals surface area contributed by atoms with Crippen molar-refractivity contribution >= 4 is 38.5 Å². The van der Waals surface area contributed by atoms with Gasteiger partial charge in [0.05, 0.1) is 52.9 Å². The number of ether oxygens (including phenoxy) is 4. The van der Waals surface area contributed by atoms with Crippen molar-refractivity contribution in [1.82, 2.24) is 29.4 Å². The van der Waals surface area contributed by atoms with Gasteiger partial charge in [0.2, 0.25) is 38.5 Å². The van der Waals surface area contributed by atoms with Crippen molar-refractivity contribution in [2.75, 3.05) is 92.1 Å². The van der Waals surface area contributed by atoms with Gasteiger partial charge in [0.15, 0.2) is 0 Å². The summed E-state index contributed by atoms with van der Waals surface area (Å²) in [5, 5.41) is 0. The van der Waals surface area contributed by atoms with Crippen LogP contribution in [0.5, 0.6) is 0 Å². The van der Waals surface area contributed by atoms with Crippen molar-refractivity contribution in [1.29, 1.82) is 0 Å². The van der Waals surface area contributed by atoms with Crippen molar-refractivity contribution in [2.24, 2.45) is 0 Å². The third kappa shape index (κ3) is 33.0. The highest BCUT2D eigenvalue weighted by molar-refractivity contribution is 5.50. The quantitative estimate of drug-likeness (QED) is 0.0697. The Bertz CT molecular complexity index is 835. The van der Waals surface area contributed by atoms with Crippen LogP contribution in [0.4, 0.5) is 0 Å². The Morgan fingerprint density at radius 2 is 0.480 bits per heavy atom. The second-order valence-corrected chi connectivity index (χ2v) is 9.31. The lowest BCUT2D eigenvalue weighted by Crippen LogP contribution is -2.24. The number of hydrogen-bond donors (Lipinski definition) is 0. The van der Waals surface area contributed by atoms with Crippen LogP contribution in [-0.4, -0.2) is 160 Å². The van der Waals surface area contributed by atoms with Gasteiger partial charge in [0.1, 0.15) is 0 Å². The van der Waals surface area contributed by atoms with Crippen LogP contribution in [0.15, 0.2) is 76.7 Å². The molecule has 0 radical (unpaired) electrons. The predicted molar refractivity (Wildman–Crippen MR) is 190 cm³/mol. The first-order valence-electron chi connectivity index (χ1n) is 15.7. The van der Waals surface area contributed by atoms with Gasteiger partial charge in [0.25, 0.3) is 0 Å². The first kappa shape index (κ1) is 49.5. The van der Waals surface area contributed by atoms with Crippen LogP contribution >= 0.6 is 0 Å². The average molecular weight is 709 g/mol. The summed E-state index contributed by atoms with van der Waals surface area (Å²) in [6, 6.07) is 0. The normalized spacial score (nSPS) is 9.36. The molecular weight excluding hydrogens is 652 g/mol. The van der Waals surface area contributed by atoms with Gasteiger partial charge in [-0.15, -0.1) is 0 Å². The van der Waals surface area contributed by atoms with Crippen LogP contribution in [0.1, 0.15) is 12.8 Å². The van der Waals surface area contributed by atoms with E-state index in [0.717, 1.165) is 25.7 Å². The van der Waals surface area contributed by atoms with Crippen LogP contribution in [0.3, 0.4) is 0 Å². The molecule has 0 N–H and O–H groups in total. The zero-order valence-corrected chi connectivity index (χ0v) is 29.3. The van der Waals surface area contributed by atoms with E-state index in [1.807, 2.05) is 0 Å². The largest absolute Gasteiger partial charge is 0.378 e. The third-order valence-electron chi connectivity index (χ3n) is 6.02. The van der Waals surface area contributed by atoms with E-state index < -0.39 is 0 Å². The molecule has 6 amide bonds. The summed E-state index contributed by atoms with van der Waals surface area (Å²) in [5.41, 5.74) is 0. The van der Waals surface area contributed by atoms with E-state index >= 15 is 0 Å². The van der Waals surface area contributed by atoms with Crippen LogP contribution < -0.4 is 0 Å². The monoisotopic (exact) mass is 708 g/mol. The van der Waals surface area contributed by atoms with Gasteiger partial charge in [-0.3, -0.25) is 28.8 Å². The Morgan fingerprint density at radius 1 is 0.300 bits per heavy atom. The first-order chi connectivity index (χ1) is 24.3. The lowest BCUT2D eigenvalue weighted by atomic mass is 10.3.